The van der Waals surface area contributed by atoms with Gasteiger partial charge in [-0.15, -0.1) is 0 Å². The minimum absolute atomic E-state index is 0.109. The van der Waals surface area contributed by atoms with E-state index in [1.165, 1.54) is 4.90 Å². The van der Waals surface area contributed by atoms with Crippen LogP contribution >= 0.6 is 15.9 Å². The van der Waals surface area contributed by atoms with Crippen LogP contribution in [0.5, 0.6) is 0 Å². The molecular formula is C13H13BrN4O2. The number of nitrogens with zero attached hydrogens (tertiary/aromatic N) is 3. The quantitative estimate of drug-likeness (QED) is 0.881. The van der Waals surface area contributed by atoms with E-state index in [0.717, 1.165) is 27.5 Å². The number of benzene rings is 1. The summed E-state index contributed by atoms with van der Waals surface area (Å²) in [5, 5.41) is 21.4. The fourth-order valence-corrected chi connectivity index (χ4v) is 2.78. The molecule has 2 aromatic rings. The van der Waals surface area contributed by atoms with Crippen molar-refractivity contribution >= 4 is 38.6 Å². The minimum atomic E-state index is -0.866. The van der Waals surface area contributed by atoms with Crippen molar-refractivity contribution < 1.29 is 9.90 Å². The van der Waals surface area contributed by atoms with E-state index in [9.17, 15) is 4.79 Å². The van der Waals surface area contributed by atoms with Crippen LogP contribution in [0.15, 0.2) is 28.9 Å². The van der Waals surface area contributed by atoms with Crippen molar-refractivity contribution in [1.29, 1.82) is 0 Å². The van der Waals surface area contributed by atoms with Crippen LogP contribution in [-0.2, 0) is 0 Å². The maximum absolute atomic E-state index is 10.9. The molecule has 0 radical (unpaired) electrons. The van der Waals surface area contributed by atoms with Crippen molar-refractivity contribution in [3.8, 4) is 0 Å². The first kappa shape index (κ1) is 13.1. The van der Waals surface area contributed by atoms with Crippen LogP contribution in [0.25, 0.3) is 10.9 Å². The first-order chi connectivity index (χ1) is 9.63. The first-order valence-corrected chi connectivity index (χ1v) is 7.08. The number of likely N-dealkylation sites (tertiary alicyclic amines) is 1. The molecular weight excluding hydrogens is 324 g/mol. The number of nitrogens with one attached hydrogen (secondary N) is 1. The molecule has 6 nitrogen and oxygen atoms in total. The summed E-state index contributed by atoms with van der Waals surface area (Å²) in [4.78, 5) is 12.3. The SMILES string of the molecule is O=C(O)N1CCC(Nc2cnnc3ccc(Br)cc23)C1. The maximum atomic E-state index is 10.9. The Kier molecular flexibility index (Phi) is 3.43. The molecule has 1 aromatic carbocycles. The number of amides is 1. The summed E-state index contributed by atoms with van der Waals surface area (Å²) in [6, 6.07) is 5.91. The van der Waals surface area contributed by atoms with E-state index in [1.807, 2.05) is 18.2 Å². The maximum Gasteiger partial charge on any atom is 0.407 e. The highest BCUT2D eigenvalue weighted by Crippen LogP contribution is 2.26. The summed E-state index contributed by atoms with van der Waals surface area (Å²) in [5.74, 6) is 0. The minimum Gasteiger partial charge on any atom is -0.465 e. The predicted molar refractivity (Wildman–Crippen MR) is 78.9 cm³/mol. The second-order valence-corrected chi connectivity index (χ2v) is 5.69. The molecule has 20 heavy (non-hydrogen) atoms. The van der Waals surface area contributed by atoms with Gasteiger partial charge in [0.2, 0.25) is 0 Å². The van der Waals surface area contributed by atoms with Gasteiger partial charge < -0.3 is 15.3 Å². The van der Waals surface area contributed by atoms with E-state index >= 15 is 0 Å². The Balaban J connectivity index is 1.85. The number of carbonyl (C=O) groups is 1. The van der Waals surface area contributed by atoms with Crippen LogP contribution in [0.4, 0.5) is 10.5 Å². The Labute approximate surface area is 123 Å². The van der Waals surface area contributed by atoms with Gasteiger partial charge in [0.05, 0.1) is 17.4 Å². The van der Waals surface area contributed by atoms with Crippen LogP contribution in [0.2, 0.25) is 0 Å². The van der Waals surface area contributed by atoms with Crippen LogP contribution < -0.4 is 5.32 Å². The fourth-order valence-electron chi connectivity index (χ4n) is 2.42. The lowest BCUT2D eigenvalue weighted by molar-refractivity contribution is 0.155. The van der Waals surface area contributed by atoms with Crippen molar-refractivity contribution in [3.05, 3.63) is 28.9 Å². The molecule has 0 spiro atoms. The summed E-state index contributed by atoms with van der Waals surface area (Å²) < 4.78 is 0.972. The molecule has 1 aliphatic rings. The summed E-state index contributed by atoms with van der Waals surface area (Å²) in [7, 11) is 0. The number of anilines is 1. The predicted octanol–water partition coefficient (Wildman–Crippen LogP) is 2.56. The molecule has 104 valence electrons. The Morgan fingerprint density at radius 2 is 2.35 bits per heavy atom. The first-order valence-electron chi connectivity index (χ1n) is 6.29. The van der Waals surface area contributed by atoms with Crippen molar-refractivity contribution in [2.45, 2.75) is 12.5 Å². The van der Waals surface area contributed by atoms with E-state index in [-0.39, 0.29) is 6.04 Å². The summed E-state index contributed by atoms with van der Waals surface area (Å²) in [5.41, 5.74) is 1.69. The van der Waals surface area contributed by atoms with E-state index in [2.05, 4.69) is 31.4 Å². The van der Waals surface area contributed by atoms with Gasteiger partial charge >= 0.3 is 6.09 Å². The van der Waals surface area contributed by atoms with Gasteiger partial charge in [0.1, 0.15) is 0 Å². The average molecular weight is 337 g/mol. The van der Waals surface area contributed by atoms with Gasteiger partial charge in [0.15, 0.2) is 0 Å². The number of fused-ring (bicyclic) bond motifs is 1. The number of hydrogen-bond donors (Lipinski definition) is 2. The Morgan fingerprint density at radius 1 is 1.50 bits per heavy atom. The number of halogens is 1. The lowest BCUT2D eigenvalue weighted by Crippen LogP contribution is -2.30. The van der Waals surface area contributed by atoms with Gasteiger partial charge in [0, 0.05) is 29.0 Å². The molecule has 1 atom stereocenters. The molecule has 7 heteroatoms. The lowest BCUT2D eigenvalue weighted by atomic mass is 10.2. The summed E-state index contributed by atoms with van der Waals surface area (Å²) >= 11 is 3.45. The molecule has 1 aliphatic heterocycles. The number of aromatic nitrogens is 2. The highest BCUT2D eigenvalue weighted by Gasteiger charge is 2.26. The smallest absolute Gasteiger partial charge is 0.407 e. The molecule has 0 saturated carbocycles. The zero-order valence-corrected chi connectivity index (χ0v) is 12.2. The molecule has 1 fully saturated rings. The Hall–Kier alpha value is -1.89. The number of rotatable bonds is 2. The third-order valence-corrected chi connectivity index (χ3v) is 3.91. The van der Waals surface area contributed by atoms with Crippen molar-refractivity contribution in [2.24, 2.45) is 0 Å². The van der Waals surface area contributed by atoms with E-state index < -0.39 is 6.09 Å². The highest BCUT2D eigenvalue weighted by molar-refractivity contribution is 9.10. The van der Waals surface area contributed by atoms with Gasteiger partial charge in [-0.25, -0.2) is 4.79 Å². The largest absolute Gasteiger partial charge is 0.465 e. The van der Waals surface area contributed by atoms with Crippen molar-refractivity contribution in [1.82, 2.24) is 15.1 Å². The highest BCUT2D eigenvalue weighted by atomic mass is 79.9. The third-order valence-electron chi connectivity index (χ3n) is 3.42. The van der Waals surface area contributed by atoms with E-state index in [1.54, 1.807) is 6.20 Å². The molecule has 0 bridgehead atoms. The second-order valence-electron chi connectivity index (χ2n) is 4.78. The molecule has 1 unspecified atom stereocenters. The number of hydrogen-bond acceptors (Lipinski definition) is 4. The molecule has 0 aliphatic carbocycles. The summed E-state index contributed by atoms with van der Waals surface area (Å²) in [6.45, 7) is 1.06. The van der Waals surface area contributed by atoms with Gasteiger partial charge in [-0.05, 0) is 24.6 Å². The molecule has 1 saturated heterocycles. The second kappa shape index (κ2) is 5.24. The Bertz CT molecular complexity index is 664. The Morgan fingerprint density at radius 3 is 3.10 bits per heavy atom. The molecule has 1 amide bonds. The normalized spacial score (nSPS) is 18.4. The van der Waals surface area contributed by atoms with Crippen LogP contribution in [0.1, 0.15) is 6.42 Å². The molecule has 1 aromatic heterocycles. The lowest BCUT2D eigenvalue weighted by Gasteiger charge is -2.16. The zero-order chi connectivity index (χ0) is 14.1. The zero-order valence-electron chi connectivity index (χ0n) is 10.6. The molecule has 2 heterocycles. The number of carboxylic acid groups (broad SMARTS) is 1. The van der Waals surface area contributed by atoms with Gasteiger partial charge in [-0.3, -0.25) is 0 Å². The standard InChI is InChI=1S/C13H13BrN4O2/c14-8-1-2-11-10(5-8)12(6-15-17-11)16-9-3-4-18(7-9)13(19)20/h1-2,5-6,9H,3-4,7H2,(H,16,17)(H,19,20). The average Bonchev–Trinajstić information content (AvgIpc) is 2.88. The van der Waals surface area contributed by atoms with Gasteiger partial charge in [-0.1, -0.05) is 15.9 Å². The van der Waals surface area contributed by atoms with Crippen LogP contribution in [-0.4, -0.2) is 45.4 Å². The van der Waals surface area contributed by atoms with Crippen LogP contribution in [0.3, 0.4) is 0 Å². The van der Waals surface area contributed by atoms with Crippen LogP contribution in [0, 0.1) is 0 Å². The van der Waals surface area contributed by atoms with Crippen molar-refractivity contribution in [3.63, 3.8) is 0 Å². The van der Waals surface area contributed by atoms with E-state index in [0.29, 0.717) is 13.1 Å². The van der Waals surface area contributed by atoms with Crippen molar-refractivity contribution in [2.75, 3.05) is 18.4 Å². The fraction of sp³-hybridized carbons (Fsp3) is 0.308. The van der Waals surface area contributed by atoms with Gasteiger partial charge in [0.25, 0.3) is 0 Å². The third kappa shape index (κ3) is 2.53. The van der Waals surface area contributed by atoms with Gasteiger partial charge in [-0.2, -0.15) is 10.2 Å². The van der Waals surface area contributed by atoms with E-state index in [4.69, 9.17) is 5.11 Å². The molecule has 2 N–H and O–H groups in total. The monoisotopic (exact) mass is 336 g/mol. The molecule has 3 rings (SSSR count). The topological polar surface area (TPSA) is 78.4 Å². The summed E-state index contributed by atoms with van der Waals surface area (Å²) in [6.07, 6.45) is 1.61.